The summed E-state index contributed by atoms with van der Waals surface area (Å²) in [5, 5.41) is 0. The monoisotopic (exact) mass is 313 g/mol. The van der Waals surface area contributed by atoms with Crippen LogP contribution in [0.3, 0.4) is 0 Å². The number of nitrogen functional groups attached to an aromatic ring is 1. The number of ether oxygens (including phenoxy) is 1. The van der Waals surface area contributed by atoms with Gasteiger partial charge in [0.2, 0.25) is 0 Å². The van der Waals surface area contributed by atoms with Gasteiger partial charge in [-0.1, -0.05) is 0 Å². The number of carbonyl (C=O) groups excluding carboxylic acids is 1. The van der Waals surface area contributed by atoms with Crippen molar-refractivity contribution < 1.29 is 18.3 Å². The maximum atomic E-state index is 13.9. The average molecular weight is 313 g/mol. The quantitative estimate of drug-likeness (QED) is 0.810. The highest BCUT2D eigenvalue weighted by molar-refractivity contribution is 5.69. The van der Waals surface area contributed by atoms with E-state index in [9.17, 15) is 13.6 Å². The van der Waals surface area contributed by atoms with E-state index in [-0.39, 0.29) is 17.5 Å². The van der Waals surface area contributed by atoms with Crippen LogP contribution >= 0.6 is 0 Å². The number of anilines is 2. The molecule has 0 atom stereocenters. The third-order valence-corrected chi connectivity index (χ3v) is 3.34. The number of amides is 1. The summed E-state index contributed by atoms with van der Waals surface area (Å²) in [5.41, 5.74) is 5.10. The number of benzene rings is 1. The fourth-order valence-electron chi connectivity index (χ4n) is 2.25. The normalized spacial score (nSPS) is 15.9. The van der Waals surface area contributed by atoms with Crippen LogP contribution in [-0.2, 0) is 4.74 Å². The summed E-state index contributed by atoms with van der Waals surface area (Å²) in [6, 6.07) is 2.07. The maximum Gasteiger partial charge on any atom is 0.410 e. The van der Waals surface area contributed by atoms with Crippen LogP contribution in [0.1, 0.15) is 20.8 Å². The molecule has 1 aliphatic rings. The van der Waals surface area contributed by atoms with Crippen molar-refractivity contribution in [3.05, 3.63) is 23.8 Å². The van der Waals surface area contributed by atoms with Crippen molar-refractivity contribution in [2.24, 2.45) is 0 Å². The van der Waals surface area contributed by atoms with Crippen LogP contribution < -0.4 is 10.6 Å². The first kappa shape index (κ1) is 16.3. The zero-order valence-electron chi connectivity index (χ0n) is 13.0. The highest BCUT2D eigenvalue weighted by Crippen LogP contribution is 2.26. The first-order chi connectivity index (χ1) is 10.2. The molecule has 1 aliphatic heterocycles. The largest absolute Gasteiger partial charge is 0.444 e. The van der Waals surface area contributed by atoms with Crippen LogP contribution in [0.4, 0.5) is 25.0 Å². The molecule has 2 rings (SSSR count). The second-order valence-corrected chi connectivity index (χ2v) is 6.28. The van der Waals surface area contributed by atoms with Crippen LogP contribution in [-0.4, -0.2) is 42.8 Å². The number of hydrogen-bond donors (Lipinski definition) is 1. The van der Waals surface area contributed by atoms with Crippen molar-refractivity contribution in [3.8, 4) is 0 Å². The molecule has 5 nitrogen and oxygen atoms in total. The fourth-order valence-corrected chi connectivity index (χ4v) is 2.25. The number of nitrogens with two attached hydrogens (primary N) is 1. The molecule has 1 amide bonds. The first-order valence-electron chi connectivity index (χ1n) is 7.15. The van der Waals surface area contributed by atoms with E-state index in [1.165, 1.54) is 6.07 Å². The van der Waals surface area contributed by atoms with Gasteiger partial charge in [0.05, 0.1) is 11.4 Å². The van der Waals surface area contributed by atoms with Gasteiger partial charge >= 0.3 is 6.09 Å². The van der Waals surface area contributed by atoms with Gasteiger partial charge in [0, 0.05) is 32.2 Å². The molecule has 22 heavy (non-hydrogen) atoms. The van der Waals surface area contributed by atoms with E-state index in [2.05, 4.69) is 0 Å². The molecule has 1 saturated heterocycles. The Bertz CT molecular complexity index is 565. The fraction of sp³-hybridized carbons (Fsp3) is 0.533. The third kappa shape index (κ3) is 3.78. The van der Waals surface area contributed by atoms with E-state index < -0.39 is 17.2 Å². The molecule has 0 saturated carbocycles. The van der Waals surface area contributed by atoms with E-state index in [1.54, 1.807) is 30.6 Å². The average Bonchev–Trinajstić information content (AvgIpc) is 2.41. The molecular weight excluding hydrogens is 292 g/mol. The number of halogens is 2. The highest BCUT2D eigenvalue weighted by Gasteiger charge is 2.27. The predicted octanol–water partition coefficient (Wildman–Crippen LogP) is 2.60. The molecular formula is C15H21F2N3O2. The summed E-state index contributed by atoms with van der Waals surface area (Å²) in [6.45, 7) is 7.09. The van der Waals surface area contributed by atoms with Crippen LogP contribution in [0.2, 0.25) is 0 Å². The lowest BCUT2D eigenvalue weighted by Gasteiger charge is -2.36. The van der Waals surface area contributed by atoms with Gasteiger partial charge in [-0.05, 0) is 26.8 Å². The van der Waals surface area contributed by atoms with E-state index in [4.69, 9.17) is 10.5 Å². The smallest absolute Gasteiger partial charge is 0.410 e. The maximum absolute atomic E-state index is 13.9. The van der Waals surface area contributed by atoms with Gasteiger partial charge in [-0.25, -0.2) is 13.6 Å². The van der Waals surface area contributed by atoms with Crippen LogP contribution in [0.5, 0.6) is 0 Å². The van der Waals surface area contributed by atoms with Gasteiger partial charge in [-0.2, -0.15) is 0 Å². The Morgan fingerprint density at radius 2 is 1.73 bits per heavy atom. The van der Waals surface area contributed by atoms with Crippen molar-refractivity contribution in [2.45, 2.75) is 26.4 Å². The Balaban J connectivity index is 2.01. The summed E-state index contributed by atoms with van der Waals surface area (Å²) >= 11 is 0. The molecule has 1 fully saturated rings. The van der Waals surface area contributed by atoms with Crippen molar-refractivity contribution >= 4 is 17.5 Å². The Hall–Kier alpha value is -2.05. The lowest BCUT2D eigenvalue weighted by atomic mass is 10.2. The summed E-state index contributed by atoms with van der Waals surface area (Å²) < 4.78 is 32.4. The molecule has 0 bridgehead atoms. The van der Waals surface area contributed by atoms with Crippen molar-refractivity contribution in [1.82, 2.24) is 4.90 Å². The minimum Gasteiger partial charge on any atom is -0.444 e. The first-order valence-corrected chi connectivity index (χ1v) is 7.15. The standard InChI is InChI=1S/C15H21F2N3O2/c1-15(2,3)22-14(21)20-6-4-19(5-7-20)13-9-12(18)10(16)8-11(13)17/h8-9H,4-7,18H2,1-3H3. The van der Waals surface area contributed by atoms with Gasteiger partial charge in [-0.15, -0.1) is 0 Å². The summed E-state index contributed by atoms with van der Waals surface area (Å²) in [6.07, 6.45) is -0.383. The Morgan fingerprint density at radius 1 is 1.14 bits per heavy atom. The molecule has 7 heteroatoms. The van der Waals surface area contributed by atoms with Gasteiger partial charge < -0.3 is 20.3 Å². The molecule has 0 spiro atoms. The van der Waals surface area contributed by atoms with Gasteiger partial charge in [0.25, 0.3) is 0 Å². The number of rotatable bonds is 1. The molecule has 2 N–H and O–H groups in total. The van der Waals surface area contributed by atoms with Crippen LogP contribution in [0, 0.1) is 11.6 Å². The van der Waals surface area contributed by atoms with Gasteiger partial charge in [-0.3, -0.25) is 0 Å². The van der Waals surface area contributed by atoms with Crippen molar-refractivity contribution in [2.75, 3.05) is 36.8 Å². The number of nitrogens with zero attached hydrogens (tertiary/aromatic N) is 2. The molecule has 0 aliphatic carbocycles. The Labute approximate surface area is 128 Å². The van der Waals surface area contributed by atoms with Crippen LogP contribution in [0.15, 0.2) is 12.1 Å². The Kier molecular flexibility index (Phi) is 4.44. The molecule has 0 unspecified atom stereocenters. The van der Waals surface area contributed by atoms with E-state index >= 15 is 0 Å². The van der Waals surface area contributed by atoms with Crippen LogP contribution in [0.25, 0.3) is 0 Å². The number of piperazine rings is 1. The third-order valence-electron chi connectivity index (χ3n) is 3.34. The summed E-state index contributed by atoms with van der Waals surface area (Å²) in [5.74, 6) is -1.42. The molecule has 1 heterocycles. The lowest BCUT2D eigenvalue weighted by Crippen LogP contribution is -2.50. The minimum atomic E-state index is -0.770. The summed E-state index contributed by atoms with van der Waals surface area (Å²) in [4.78, 5) is 15.3. The molecule has 0 aromatic heterocycles. The zero-order valence-corrected chi connectivity index (χ0v) is 13.0. The second-order valence-electron chi connectivity index (χ2n) is 6.28. The molecule has 122 valence electrons. The summed E-state index contributed by atoms with van der Waals surface area (Å²) in [7, 11) is 0. The molecule has 1 aromatic rings. The Morgan fingerprint density at radius 3 is 2.27 bits per heavy atom. The van der Waals surface area contributed by atoms with E-state index in [1.807, 2.05) is 0 Å². The number of carbonyl (C=O) groups is 1. The van der Waals surface area contributed by atoms with Crippen molar-refractivity contribution in [1.29, 1.82) is 0 Å². The topological polar surface area (TPSA) is 58.8 Å². The van der Waals surface area contributed by atoms with Gasteiger partial charge in [0.15, 0.2) is 0 Å². The second kappa shape index (κ2) is 5.98. The van der Waals surface area contributed by atoms with E-state index in [0.29, 0.717) is 26.2 Å². The molecule has 0 radical (unpaired) electrons. The SMILES string of the molecule is CC(C)(C)OC(=O)N1CCN(c2cc(N)c(F)cc2F)CC1. The van der Waals surface area contributed by atoms with Gasteiger partial charge in [0.1, 0.15) is 17.2 Å². The number of hydrogen-bond acceptors (Lipinski definition) is 4. The predicted molar refractivity (Wildman–Crippen MR) is 80.8 cm³/mol. The van der Waals surface area contributed by atoms with E-state index in [0.717, 1.165) is 6.07 Å². The lowest BCUT2D eigenvalue weighted by molar-refractivity contribution is 0.0240. The molecule has 1 aromatic carbocycles. The highest BCUT2D eigenvalue weighted by atomic mass is 19.1. The zero-order chi connectivity index (χ0) is 16.5. The van der Waals surface area contributed by atoms with Crippen molar-refractivity contribution in [3.63, 3.8) is 0 Å². The minimum absolute atomic E-state index is 0.0917.